The fourth-order valence-corrected chi connectivity index (χ4v) is 1.62. The number of carboxylic acids is 1. The Morgan fingerprint density at radius 1 is 1.61 bits per heavy atom. The van der Waals surface area contributed by atoms with E-state index in [2.05, 4.69) is 11.2 Å². The van der Waals surface area contributed by atoms with Crippen molar-refractivity contribution in [2.75, 3.05) is 0 Å². The number of carboxylic acid groups (broad SMARTS) is 1. The predicted octanol–water partition coefficient (Wildman–Crippen LogP) is 2.42. The van der Waals surface area contributed by atoms with Gasteiger partial charge in [-0.05, 0) is 24.1 Å². The molecule has 0 saturated carbocycles. The summed E-state index contributed by atoms with van der Waals surface area (Å²) in [4.78, 5) is 10.6. The summed E-state index contributed by atoms with van der Waals surface area (Å²) >= 11 is 0. The van der Waals surface area contributed by atoms with Crippen LogP contribution in [0.4, 0.5) is 4.39 Å². The highest BCUT2D eigenvalue weighted by molar-refractivity contribution is 5.87. The Morgan fingerprint density at radius 2 is 2.33 bits per heavy atom. The molecule has 4 heteroatoms. The van der Waals surface area contributed by atoms with Gasteiger partial charge in [-0.15, -0.1) is 6.42 Å². The molecule has 18 heavy (non-hydrogen) atoms. The second-order valence-electron chi connectivity index (χ2n) is 4.01. The Kier molecular flexibility index (Phi) is 5.34. The van der Waals surface area contributed by atoms with Gasteiger partial charge in [0.25, 0.3) is 0 Å². The summed E-state index contributed by atoms with van der Waals surface area (Å²) in [5.74, 6) is 0.627. The van der Waals surface area contributed by atoms with Crippen molar-refractivity contribution in [3.8, 4) is 12.3 Å². The van der Waals surface area contributed by atoms with Crippen LogP contribution in [-0.4, -0.2) is 17.1 Å². The summed E-state index contributed by atoms with van der Waals surface area (Å²) in [5.41, 5.74) is 0.356. The number of carbonyl (C=O) groups is 1. The highest BCUT2D eigenvalue weighted by Crippen LogP contribution is 2.11. The second kappa shape index (κ2) is 6.77. The zero-order valence-corrected chi connectivity index (χ0v) is 10.2. The molecule has 2 N–H and O–H groups in total. The van der Waals surface area contributed by atoms with E-state index in [1.807, 2.05) is 6.92 Å². The van der Waals surface area contributed by atoms with Crippen molar-refractivity contribution in [2.24, 2.45) is 0 Å². The fraction of sp³-hybridized carbons (Fsp3) is 0.357. The van der Waals surface area contributed by atoms with Gasteiger partial charge in [-0.3, -0.25) is 5.32 Å². The molecule has 0 fully saturated rings. The number of benzene rings is 1. The third-order valence-corrected chi connectivity index (χ3v) is 2.60. The summed E-state index contributed by atoms with van der Waals surface area (Å²) in [7, 11) is 0. The van der Waals surface area contributed by atoms with Gasteiger partial charge in [0.15, 0.2) is 0 Å². The van der Waals surface area contributed by atoms with Gasteiger partial charge in [0.05, 0.1) is 11.6 Å². The molecular formula is C14H16FNO2. The topological polar surface area (TPSA) is 49.3 Å². The Bertz CT molecular complexity index is 465. The van der Waals surface area contributed by atoms with E-state index in [0.717, 1.165) is 12.8 Å². The first-order chi connectivity index (χ1) is 8.58. The largest absolute Gasteiger partial charge is 0.478 e. The minimum absolute atomic E-state index is 0.0442. The third-order valence-electron chi connectivity index (χ3n) is 2.60. The first-order valence-corrected chi connectivity index (χ1v) is 5.79. The molecule has 96 valence electrons. The monoisotopic (exact) mass is 249 g/mol. The zero-order chi connectivity index (χ0) is 13.5. The van der Waals surface area contributed by atoms with Crippen molar-refractivity contribution in [1.82, 2.24) is 5.32 Å². The predicted molar refractivity (Wildman–Crippen MR) is 67.7 cm³/mol. The van der Waals surface area contributed by atoms with E-state index in [-0.39, 0.29) is 11.6 Å². The average molecular weight is 249 g/mol. The van der Waals surface area contributed by atoms with Crippen LogP contribution < -0.4 is 5.32 Å². The lowest BCUT2D eigenvalue weighted by atomic mass is 10.1. The molecule has 0 aliphatic rings. The highest BCUT2D eigenvalue weighted by atomic mass is 19.1. The van der Waals surface area contributed by atoms with Crippen molar-refractivity contribution < 1.29 is 14.3 Å². The Hall–Kier alpha value is -1.86. The zero-order valence-electron chi connectivity index (χ0n) is 10.2. The summed E-state index contributed by atoms with van der Waals surface area (Å²) in [6.07, 6.45) is 7.17. The molecule has 1 unspecified atom stereocenters. The molecule has 1 aromatic carbocycles. The van der Waals surface area contributed by atoms with Gasteiger partial charge in [0.2, 0.25) is 0 Å². The first kappa shape index (κ1) is 14.2. The number of hydrogen-bond donors (Lipinski definition) is 2. The molecule has 0 aromatic heterocycles. The maximum Gasteiger partial charge on any atom is 0.338 e. The minimum atomic E-state index is -1.26. The molecular weight excluding hydrogens is 233 g/mol. The standard InChI is InChI=1S/C14H16FNO2/c1-3-5-11(4-2)16-9-10-6-7-12(14(17)18)13(15)8-10/h2,6-8,11,16H,3,5,9H2,1H3,(H,17,18). The van der Waals surface area contributed by atoms with Gasteiger partial charge in [-0.1, -0.05) is 25.3 Å². The summed E-state index contributed by atoms with van der Waals surface area (Å²) < 4.78 is 13.4. The van der Waals surface area contributed by atoms with Crippen LogP contribution in [0.2, 0.25) is 0 Å². The Morgan fingerprint density at radius 3 is 2.83 bits per heavy atom. The van der Waals surface area contributed by atoms with E-state index < -0.39 is 11.8 Å². The lowest BCUT2D eigenvalue weighted by molar-refractivity contribution is 0.0692. The Balaban J connectivity index is 2.67. The number of rotatable bonds is 6. The van der Waals surface area contributed by atoms with Crippen LogP contribution in [0.5, 0.6) is 0 Å². The van der Waals surface area contributed by atoms with E-state index in [1.165, 1.54) is 12.1 Å². The van der Waals surface area contributed by atoms with Crippen molar-refractivity contribution in [2.45, 2.75) is 32.4 Å². The molecule has 1 aromatic rings. The summed E-state index contributed by atoms with van der Waals surface area (Å²) in [6, 6.07) is 4.02. The summed E-state index contributed by atoms with van der Waals surface area (Å²) in [6.45, 7) is 2.46. The molecule has 1 rings (SSSR count). The maximum atomic E-state index is 13.4. The number of hydrogen-bond acceptors (Lipinski definition) is 2. The lowest BCUT2D eigenvalue weighted by Gasteiger charge is -2.12. The smallest absolute Gasteiger partial charge is 0.338 e. The van der Waals surface area contributed by atoms with Gasteiger partial charge in [-0.25, -0.2) is 9.18 Å². The van der Waals surface area contributed by atoms with Gasteiger partial charge in [0.1, 0.15) is 5.82 Å². The van der Waals surface area contributed by atoms with Crippen molar-refractivity contribution >= 4 is 5.97 Å². The van der Waals surface area contributed by atoms with E-state index in [1.54, 1.807) is 6.07 Å². The van der Waals surface area contributed by atoms with Gasteiger partial charge < -0.3 is 5.11 Å². The van der Waals surface area contributed by atoms with E-state index in [4.69, 9.17) is 11.5 Å². The fourth-order valence-electron chi connectivity index (χ4n) is 1.62. The highest BCUT2D eigenvalue weighted by Gasteiger charge is 2.10. The van der Waals surface area contributed by atoms with Crippen molar-refractivity contribution in [1.29, 1.82) is 0 Å². The van der Waals surface area contributed by atoms with Crippen LogP contribution >= 0.6 is 0 Å². The van der Waals surface area contributed by atoms with Crippen LogP contribution in [-0.2, 0) is 6.54 Å². The van der Waals surface area contributed by atoms with Crippen LogP contribution in [0.25, 0.3) is 0 Å². The van der Waals surface area contributed by atoms with E-state index >= 15 is 0 Å². The molecule has 0 amide bonds. The number of halogens is 1. The Labute approximate surface area is 106 Å². The van der Waals surface area contributed by atoms with Crippen molar-refractivity contribution in [3.63, 3.8) is 0 Å². The van der Waals surface area contributed by atoms with Gasteiger partial charge in [0, 0.05) is 6.54 Å². The second-order valence-corrected chi connectivity index (χ2v) is 4.01. The van der Waals surface area contributed by atoms with Crippen LogP contribution in [0.1, 0.15) is 35.7 Å². The molecule has 0 aliphatic carbocycles. The number of aromatic carboxylic acids is 1. The molecule has 0 aliphatic heterocycles. The molecule has 0 spiro atoms. The van der Waals surface area contributed by atoms with Crippen LogP contribution in [0.3, 0.4) is 0 Å². The molecule has 0 heterocycles. The van der Waals surface area contributed by atoms with Gasteiger partial charge >= 0.3 is 5.97 Å². The molecule has 0 radical (unpaired) electrons. The molecule has 0 saturated heterocycles. The van der Waals surface area contributed by atoms with Gasteiger partial charge in [-0.2, -0.15) is 0 Å². The van der Waals surface area contributed by atoms with E-state index in [0.29, 0.717) is 12.1 Å². The normalized spacial score (nSPS) is 11.8. The molecule has 1 atom stereocenters. The van der Waals surface area contributed by atoms with Crippen LogP contribution in [0.15, 0.2) is 18.2 Å². The number of nitrogens with one attached hydrogen (secondary N) is 1. The molecule has 0 bridgehead atoms. The quantitative estimate of drug-likeness (QED) is 0.761. The minimum Gasteiger partial charge on any atom is -0.478 e. The number of terminal acetylenes is 1. The molecule has 3 nitrogen and oxygen atoms in total. The maximum absolute atomic E-state index is 13.4. The van der Waals surface area contributed by atoms with Crippen molar-refractivity contribution in [3.05, 3.63) is 35.1 Å². The van der Waals surface area contributed by atoms with Crippen LogP contribution in [0, 0.1) is 18.2 Å². The van der Waals surface area contributed by atoms with E-state index in [9.17, 15) is 9.18 Å². The average Bonchev–Trinajstić information content (AvgIpc) is 2.34. The lowest BCUT2D eigenvalue weighted by Crippen LogP contribution is -2.26. The SMILES string of the molecule is C#CC(CCC)NCc1ccc(C(=O)O)c(F)c1. The third kappa shape index (κ3) is 3.86. The first-order valence-electron chi connectivity index (χ1n) is 5.79. The summed E-state index contributed by atoms with van der Waals surface area (Å²) in [5, 5.41) is 11.8.